The average Bonchev–Trinajstić information content (AvgIpc) is 2.51. The van der Waals surface area contributed by atoms with E-state index < -0.39 is 0 Å². The van der Waals surface area contributed by atoms with E-state index in [-0.39, 0.29) is 0 Å². The fraction of sp³-hybridized carbons (Fsp3) is 0.333. The van der Waals surface area contributed by atoms with Crippen molar-refractivity contribution >= 4 is 11.4 Å². The lowest BCUT2D eigenvalue weighted by Gasteiger charge is -2.18. The molecule has 0 unspecified atom stereocenters. The molecule has 1 aromatic carbocycles. The van der Waals surface area contributed by atoms with Gasteiger partial charge in [-0.1, -0.05) is 6.07 Å². The van der Waals surface area contributed by atoms with Gasteiger partial charge in [0.1, 0.15) is 5.82 Å². The fourth-order valence-corrected chi connectivity index (χ4v) is 2.18. The van der Waals surface area contributed by atoms with Crippen molar-refractivity contribution in [3.05, 3.63) is 35.2 Å². The van der Waals surface area contributed by atoms with E-state index >= 15 is 0 Å². The summed E-state index contributed by atoms with van der Waals surface area (Å²) in [6.45, 7) is 3.92. The maximum Gasteiger partial charge on any atom is 0.122 e. The van der Waals surface area contributed by atoms with Crippen molar-refractivity contribution in [2.75, 3.05) is 30.8 Å². The summed E-state index contributed by atoms with van der Waals surface area (Å²) in [6.07, 6.45) is 0. The van der Waals surface area contributed by atoms with E-state index in [0.29, 0.717) is 0 Å². The van der Waals surface area contributed by atoms with Gasteiger partial charge >= 0.3 is 0 Å². The van der Waals surface area contributed by atoms with Crippen LogP contribution in [0.2, 0.25) is 0 Å². The van der Waals surface area contributed by atoms with Gasteiger partial charge in [0.05, 0.1) is 11.4 Å². The topological polar surface area (TPSA) is 39.3 Å². The third kappa shape index (κ3) is 1.42. The van der Waals surface area contributed by atoms with Crippen molar-refractivity contribution < 1.29 is 0 Å². The normalized spacial score (nSPS) is 18.5. The Hall–Kier alpha value is -1.68. The molecule has 0 atom stereocenters. The smallest absolute Gasteiger partial charge is 0.122 e. The number of rotatable bonds is 0. The Bertz CT molecular complexity index is 464. The first-order valence-corrected chi connectivity index (χ1v) is 5.55. The molecular weight excluding hydrogens is 200 g/mol. The Morgan fingerprint density at radius 1 is 1.19 bits per heavy atom. The van der Waals surface area contributed by atoms with E-state index in [2.05, 4.69) is 46.2 Å². The van der Waals surface area contributed by atoms with Crippen molar-refractivity contribution in [2.24, 2.45) is 0 Å². The predicted molar refractivity (Wildman–Crippen MR) is 66.1 cm³/mol. The molecule has 4 heteroatoms. The Kier molecular flexibility index (Phi) is 2.04. The second-order valence-corrected chi connectivity index (χ2v) is 4.37. The minimum atomic E-state index is 0.899. The Morgan fingerprint density at radius 2 is 2.06 bits per heavy atom. The van der Waals surface area contributed by atoms with Crippen LogP contribution >= 0.6 is 0 Å². The van der Waals surface area contributed by atoms with Crippen molar-refractivity contribution in [2.45, 2.75) is 6.92 Å². The molecule has 3 rings (SSSR count). The van der Waals surface area contributed by atoms with Gasteiger partial charge in [-0.3, -0.25) is 5.01 Å². The third-order valence-electron chi connectivity index (χ3n) is 3.12. The summed E-state index contributed by atoms with van der Waals surface area (Å²) in [4.78, 5) is 0. The van der Waals surface area contributed by atoms with E-state index in [1.165, 1.54) is 22.6 Å². The highest BCUT2D eigenvalue weighted by Gasteiger charge is 2.22. The molecule has 16 heavy (non-hydrogen) atoms. The van der Waals surface area contributed by atoms with Crippen LogP contribution in [-0.4, -0.2) is 25.1 Å². The van der Waals surface area contributed by atoms with Crippen molar-refractivity contribution in [3.63, 3.8) is 0 Å². The average molecular weight is 216 g/mol. The van der Waals surface area contributed by atoms with Crippen molar-refractivity contribution in [1.82, 2.24) is 10.4 Å². The summed E-state index contributed by atoms with van der Waals surface area (Å²) in [5.41, 5.74) is 8.26. The van der Waals surface area contributed by atoms with Crippen LogP contribution in [0.25, 0.3) is 0 Å². The van der Waals surface area contributed by atoms with Gasteiger partial charge in [0.25, 0.3) is 0 Å². The standard InChI is InChI=1S/C12H16N4/c1-8-3-4-10-11(5-8)15-12-9(6-13-10)7-14-16(12)2/h3-5,13-15H,6-7H2,1-2H3. The number of hydrazine groups is 1. The van der Waals surface area contributed by atoms with E-state index in [4.69, 9.17) is 0 Å². The molecule has 1 aromatic rings. The van der Waals surface area contributed by atoms with E-state index in [1.54, 1.807) is 0 Å². The minimum absolute atomic E-state index is 0.899. The molecule has 2 heterocycles. The van der Waals surface area contributed by atoms with E-state index in [9.17, 15) is 0 Å². The first-order chi connectivity index (χ1) is 7.74. The summed E-state index contributed by atoms with van der Waals surface area (Å²) in [6, 6.07) is 6.43. The van der Waals surface area contributed by atoms with E-state index in [1.807, 2.05) is 7.05 Å². The quantitative estimate of drug-likeness (QED) is 0.614. The summed E-state index contributed by atoms with van der Waals surface area (Å²) in [5, 5.41) is 9.00. The zero-order valence-electron chi connectivity index (χ0n) is 9.59. The second kappa shape index (κ2) is 3.42. The van der Waals surface area contributed by atoms with Gasteiger partial charge in [0.15, 0.2) is 0 Å². The van der Waals surface area contributed by atoms with Crippen LogP contribution in [0.5, 0.6) is 0 Å². The molecule has 0 aromatic heterocycles. The van der Waals surface area contributed by atoms with Crippen molar-refractivity contribution in [1.29, 1.82) is 0 Å². The van der Waals surface area contributed by atoms with Gasteiger partial charge in [-0.15, -0.1) is 0 Å². The molecular formula is C12H16N4. The third-order valence-corrected chi connectivity index (χ3v) is 3.12. The number of nitrogens with zero attached hydrogens (tertiary/aromatic N) is 1. The molecule has 0 radical (unpaired) electrons. The predicted octanol–water partition coefficient (Wildman–Crippen LogP) is 1.49. The van der Waals surface area contributed by atoms with Crippen LogP contribution in [0.15, 0.2) is 29.6 Å². The number of fused-ring (bicyclic) bond motifs is 1. The summed E-state index contributed by atoms with van der Waals surface area (Å²) >= 11 is 0. The van der Waals surface area contributed by atoms with Gasteiger partial charge in [-0.25, -0.2) is 5.43 Å². The number of hydrogen-bond donors (Lipinski definition) is 3. The second-order valence-electron chi connectivity index (χ2n) is 4.37. The van der Waals surface area contributed by atoms with Gasteiger partial charge in [-0.2, -0.15) is 0 Å². The molecule has 0 bridgehead atoms. The lowest BCUT2D eigenvalue weighted by Crippen LogP contribution is -2.30. The zero-order chi connectivity index (χ0) is 11.1. The maximum absolute atomic E-state index is 3.49. The minimum Gasteiger partial charge on any atom is -0.379 e. The molecule has 4 nitrogen and oxygen atoms in total. The molecule has 3 N–H and O–H groups in total. The number of hydrogen-bond acceptors (Lipinski definition) is 4. The molecule has 0 spiro atoms. The Labute approximate surface area is 95.3 Å². The largest absolute Gasteiger partial charge is 0.379 e. The van der Waals surface area contributed by atoms with Crippen LogP contribution < -0.4 is 16.1 Å². The number of benzene rings is 1. The summed E-state index contributed by atoms with van der Waals surface area (Å²) in [7, 11) is 2.04. The molecule has 0 saturated carbocycles. The monoisotopic (exact) mass is 216 g/mol. The highest BCUT2D eigenvalue weighted by Crippen LogP contribution is 2.29. The van der Waals surface area contributed by atoms with Gasteiger partial charge in [0, 0.05) is 25.7 Å². The van der Waals surface area contributed by atoms with E-state index in [0.717, 1.165) is 18.8 Å². The van der Waals surface area contributed by atoms with Crippen LogP contribution in [0.4, 0.5) is 11.4 Å². The van der Waals surface area contributed by atoms with Crippen LogP contribution in [0.3, 0.4) is 0 Å². The molecule has 84 valence electrons. The molecule has 0 saturated heterocycles. The highest BCUT2D eigenvalue weighted by molar-refractivity contribution is 5.73. The molecule has 0 fully saturated rings. The maximum atomic E-state index is 3.49. The Balaban J connectivity index is 2.01. The lowest BCUT2D eigenvalue weighted by atomic mass is 10.2. The van der Waals surface area contributed by atoms with Crippen LogP contribution in [0, 0.1) is 6.92 Å². The lowest BCUT2D eigenvalue weighted by molar-refractivity contribution is 0.349. The summed E-state index contributed by atoms with van der Waals surface area (Å²) in [5.74, 6) is 1.18. The molecule has 2 aliphatic heterocycles. The van der Waals surface area contributed by atoms with Crippen LogP contribution in [-0.2, 0) is 0 Å². The molecule has 0 amide bonds. The SMILES string of the molecule is Cc1ccc2c(c1)NC1=C(CN2)CNN1C. The van der Waals surface area contributed by atoms with Gasteiger partial charge < -0.3 is 10.6 Å². The number of aryl methyl sites for hydroxylation is 1. The first kappa shape index (κ1) is 9.54. The molecule has 2 aliphatic rings. The van der Waals surface area contributed by atoms with Crippen LogP contribution in [0.1, 0.15) is 5.56 Å². The number of nitrogens with one attached hydrogen (secondary N) is 3. The van der Waals surface area contributed by atoms with Gasteiger partial charge in [0.2, 0.25) is 0 Å². The Morgan fingerprint density at radius 3 is 2.94 bits per heavy atom. The molecule has 0 aliphatic carbocycles. The van der Waals surface area contributed by atoms with Crippen molar-refractivity contribution in [3.8, 4) is 0 Å². The highest BCUT2D eigenvalue weighted by atomic mass is 15.6. The summed E-state index contributed by atoms with van der Waals surface area (Å²) < 4.78 is 0. The zero-order valence-corrected chi connectivity index (χ0v) is 9.59. The first-order valence-electron chi connectivity index (χ1n) is 5.55. The fourth-order valence-electron chi connectivity index (χ4n) is 2.18. The number of anilines is 2. The van der Waals surface area contributed by atoms with Gasteiger partial charge in [-0.05, 0) is 24.6 Å².